The zero-order chi connectivity index (χ0) is 11.6. The summed E-state index contributed by atoms with van der Waals surface area (Å²) in [6.07, 6.45) is 2.09. The quantitative estimate of drug-likeness (QED) is 0.357. The Bertz CT molecular complexity index is 383. The van der Waals surface area contributed by atoms with Crippen molar-refractivity contribution >= 4 is 80.9 Å². The second-order valence-electron chi connectivity index (χ2n) is 2.76. The third-order valence-corrected chi connectivity index (χ3v) is 6.23. The lowest BCUT2D eigenvalue weighted by Crippen LogP contribution is -2.03. The van der Waals surface area contributed by atoms with Crippen molar-refractivity contribution in [2.24, 2.45) is 0 Å². The second-order valence-corrected chi connectivity index (χ2v) is 6.18. The van der Waals surface area contributed by atoms with E-state index in [2.05, 4.69) is 74.7 Å². The van der Waals surface area contributed by atoms with Crippen molar-refractivity contribution < 1.29 is 0 Å². The van der Waals surface area contributed by atoms with Gasteiger partial charge >= 0.3 is 0 Å². The van der Waals surface area contributed by atoms with Gasteiger partial charge in [-0.25, -0.2) is 0 Å². The number of thioether (sulfide) groups is 1. The Morgan fingerprint density at radius 2 is 1.60 bits per heavy atom. The van der Waals surface area contributed by atoms with E-state index in [1.165, 1.54) is 8.47 Å². The van der Waals surface area contributed by atoms with Crippen molar-refractivity contribution in [2.75, 3.05) is 31.0 Å². The first-order chi connectivity index (χ1) is 7.08. The molecule has 0 aromatic heterocycles. The first-order valence-corrected chi connectivity index (χ1v) is 8.04. The number of anilines is 2. The van der Waals surface area contributed by atoms with Gasteiger partial charge in [0.15, 0.2) is 0 Å². The van der Waals surface area contributed by atoms with Crippen LogP contribution in [0.3, 0.4) is 0 Å². The van der Waals surface area contributed by atoms with Crippen LogP contribution in [0.2, 0.25) is 0 Å². The van der Waals surface area contributed by atoms with Crippen molar-refractivity contribution in [3.63, 3.8) is 0 Å². The van der Waals surface area contributed by atoms with Crippen molar-refractivity contribution in [1.82, 2.24) is 0 Å². The standard InChI is InChI=1S/C9H12I2N2S2/c1-12-6-5(11)9(15-3)7(13-2)4(10)8(6)14/h12-14H,1-3H3. The normalized spacial score (nSPS) is 10.3. The number of benzene rings is 1. The van der Waals surface area contributed by atoms with Crippen LogP contribution in [0, 0.1) is 7.14 Å². The largest absolute Gasteiger partial charge is 0.386 e. The predicted molar refractivity (Wildman–Crippen MR) is 90.0 cm³/mol. The van der Waals surface area contributed by atoms with Crippen LogP contribution in [0.15, 0.2) is 9.79 Å². The molecule has 1 rings (SSSR count). The van der Waals surface area contributed by atoms with Crippen LogP contribution >= 0.6 is 69.6 Å². The van der Waals surface area contributed by atoms with Gasteiger partial charge in [-0.15, -0.1) is 24.4 Å². The Balaban J connectivity index is 3.57. The average Bonchev–Trinajstić information content (AvgIpc) is 2.23. The highest BCUT2D eigenvalue weighted by molar-refractivity contribution is 14.1. The van der Waals surface area contributed by atoms with E-state index < -0.39 is 0 Å². The van der Waals surface area contributed by atoms with Crippen molar-refractivity contribution in [1.29, 1.82) is 0 Å². The molecule has 0 unspecified atom stereocenters. The zero-order valence-corrected chi connectivity index (χ0v) is 14.6. The fourth-order valence-corrected chi connectivity index (χ4v) is 5.00. The molecule has 0 spiro atoms. The number of rotatable bonds is 3. The van der Waals surface area contributed by atoms with Crippen LogP contribution in [0.5, 0.6) is 0 Å². The molecular weight excluding hydrogens is 454 g/mol. The number of thiol groups is 1. The van der Waals surface area contributed by atoms with Crippen molar-refractivity contribution in [2.45, 2.75) is 9.79 Å². The number of nitrogens with one attached hydrogen (secondary N) is 2. The molecule has 0 saturated carbocycles. The predicted octanol–water partition coefficient (Wildman–Crippen LogP) is 3.99. The Kier molecular flexibility index (Phi) is 5.67. The molecule has 0 aliphatic carbocycles. The smallest absolute Gasteiger partial charge is 0.0635 e. The van der Waals surface area contributed by atoms with Gasteiger partial charge in [0.1, 0.15) is 0 Å². The molecule has 0 saturated heterocycles. The molecular formula is C9H12I2N2S2. The number of hydrogen-bond donors (Lipinski definition) is 3. The Hall–Kier alpha value is 0.980. The van der Waals surface area contributed by atoms with E-state index in [1.807, 2.05) is 14.1 Å². The lowest BCUT2D eigenvalue weighted by Gasteiger charge is -2.18. The van der Waals surface area contributed by atoms with Crippen LogP contribution in [-0.4, -0.2) is 20.4 Å². The zero-order valence-electron chi connectivity index (χ0n) is 8.61. The maximum Gasteiger partial charge on any atom is 0.0635 e. The summed E-state index contributed by atoms with van der Waals surface area (Å²) in [6, 6.07) is 0. The van der Waals surface area contributed by atoms with Crippen LogP contribution in [0.1, 0.15) is 0 Å². The molecule has 2 N–H and O–H groups in total. The lowest BCUT2D eigenvalue weighted by atomic mass is 10.2. The van der Waals surface area contributed by atoms with Gasteiger partial charge < -0.3 is 10.6 Å². The molecule has 1 aromatic carbocycles. The molecule has 0 aliphatic heterocycles. The highest BCUT2D eigenvalue weighted by Gasteiger charge is 2.17. The van der Waals surface area contributed by atoms with E-state index >= 15 is 0 Å². The molecule has 0 fully saturated rings. The Labute approximate surface area is 127 Å². The lowest BCUT2D eigenvalue weighted by molar-refractivity contribution is 1.23. The molecule has 0 radical (unpaired) electrons. The molecule has 0 atom stereocenters. The summed E-state index contributed by atoms with van der Waals surface area (Å²) in [4.78, 5) is 2.27. The minimum Gasteiger partial charge on any atom is -0.386 e. The van der Waals surface area contributed by atoms with Gasteiger partial charge in [-0.1, -0.05) is 0 Å². The van der Waals surface area contributed by atoms with E-state index in [1.54, 1.807) is 11.8 Å². The molecule has 0 bridgehead atoms. The minimum atomic E-state index is 1.00. The monoisotopic (exact) mass is 466 g/mol. The van der Waals surface area contributed by atoms with Crippen molar-refractivity contribution in [3.05, 3.63) is 7.14 Å². The fraction of sp³-hybridized carbons (Fsp3) is 0.333. The Morgan fingerprint density at radius 3 is 2.00 bits per heavy atom. The van der Waals surface area contributed by atoms with E-state index in [0.29, 0.717) is 0 Å². The summed E-state index contributed by atoms with van der Waals surface area (Å²) in [6.45, 7) is 0. The first-order valence-electron chi connectivity index (χ1n) is 4.21. The van der Waals surface area contributed by atoms with E-state index in [0.717, 1.165) is 19.8 Å². The molecule has 15 heavy (non-hydrogen) atoms. The van der Waals surface area contributed by atoms with Crippen LogP contribution < -0.4 is 10.6 Å². The minimum absolute atomic E-state index is 1.00. The van der Waals surface area contributed by atoms with Gasteiger partial charge in [0.05, 0.1) is 18.5 Å². The van der Waals surface area contributed by atoms with Crippen molar-refractivity contribution in [3.8, 4) is 0 Å². The topological polar surface area (TPSA) is 24.1 Å². The molecule has 0 aliphatic rings. The van der Waals surface area contributed by atoms with Crippen LogP contribution in [0.25, 0.3) is 0 Å². The first kappa shape index (κ1) is 14.0. The van der Waals surface area contributed by atoms with Gasteiger partial charge in [0, 0.05) is 23.9 Å². The molecule has 0 amide bonds. The third kappa shape index (κ3) is 2.63. The fourth-order valence-electron chi connectivity index (χ4n) is 1.30. The molecule has 6 heteroatoms. The third-order valence-electron chi connectivity index (χ3n) is 2.01. The van der Waals surface area contributed by atoms with Crippen LogP contribution in [0.4, 0.5) is 11.4 Å². The highest BCUT2D eigenvalue weighted by atomic mass is 127. The van der Waals surface area contributed by atoms with E-state index in [9.17, 15) is 0 Å². The maximum atomic E-state index is 4.55. The molecule has 0 heterocycles. The molecule has 1 aromatic rings. The Morgan fingerprint density at radius 1 is 1.07 bits per heavy atom. The second kappa shape index (κ2) is 6.06. The summed E-state index contributed by atoms with van der Waals surface area (Å²) in [5.41, 5.74) is 2.27. The molecule has 2 nitrogen and oxygen atoms in total. The van der Waals surface area contributed by atoms with E-state index in [-0.39, 0.29) is 0 Å². The van der Waals surface area contributed by atoms with Gasteiger partial charge in [0.2, 0.25) is 0 Å². The van der Waals surface area contributed by atoms with Gasteiger partial charge in [-0.05, 0) is 51.4 Å². The highest BCUT2D eigenvalue weighted by Crippen LogP contribution is 2.43. The summed E-state index contributed by atoms with van der Waals surface area (Å²) in [5.74, 6) is 0. The SMILES string of the molecule is CNc1c(S)c(I)c(NC)c(SC)c1I. The van der Waals surface area contributed by atoms with Crippen LogP contribution in [-0.2, 0) is 0 Å². The van der Waals surface area contributed by atoms with Gasteiger partial charge in [-0.3, -0.25) is 0 Å². The summed E-state index contributed by atoms with van der Waals surface area (Å²) >= 11 is 11.0. The maximum absolute atomic E-state index is 4.55. The summed E-state index contributed by atoms with van der Waals surface area (Å²) in [7, 11) is 3.87. The van der Waals surface area contributed by atoms with Gasteiger partial charge in [0.25, 0.3) is 0 Å². The number of hydrogen-bond acceptors (Lipinski definition) is 4. The summed E-state index contributed by atoms with van der Waals surface area (Å²) in [5, 5.41) is 6.44. The van der Waals surface area contributed by atoms with E-state index in [4.69, 9.17) is 0 Å². The number of halogens is 2. The summed E-state index contributed by atoms with van der Waals surface area (Å²) < 4.78 is 2.38. The average molecular weight is 466 g/mol. The molecule has 84 valence electrons. The van der Waals surface area contributed by atoms with Gasteiger partial charge in [-0.2, -0.15) is 0 Å².